The lowest BCUT2D eigenvalue weighted by Crippen LogP contribution is -2.65. The van der Waals surface area contributed by atoms with Crippen LogP contribution in [0.5, 0.6) is 0 Å². The zero-order valence-electron chi connectivity index (χ0n) is 13.3. The van der Waals surface area contributed by atoms with Gasteiger partial charge in [0, 0.05) is 12.1 Å². The molecule has 2 atom stereocenters. The van der Waals surface area contributed by atoms with Gasteiger partial charge in [-0.05, 0) is 61.7 Å². The number of hydrogen-bond acceptors (Lipinski definition) is 2. The fourth-order valence-electron chi connectivity index (χ4n) is 6.24. The lowest BCUT2D eigenvalue weighted by Gasteiger charge is -2.65. The molecule has 3 heteroatoms. The summed E-state index contributed by atoms with van der Waals surface area (Å²) in [5.41, 5.74) is 1.27. The summed E-state index contributed by atoms with van der Waals surface area (Å²) in [6, 6.07) is 0. The Morgan fingerprint density at radius 2 is 1.75 bits per heavy atom. The van der Waals surface area contributed by atoms with Crippen molar-refractivity contribution in [2.75, 3.05) is 13.1 Å². The van der Waals surface area contributed by atoms with Crippen LogP contribution >= 0.6 is 0 Å². The van der Waals surface area contributed by atoms with E-state index in [9.17, 15) is 4.79 Å². The molecule has 0 spiro atoms. The first-order valence-electron chi connectivity index (χ1n) is 8.38. The highest BCUT2D eigenvalue weighted by molar-refractivity contribution is 5.78. The van der Waals surface area contributed by atoms with Crippen molar-refractivity contribution in [2.24, 2.45) is 16.7 Å². The van der Waals surface area contributed by atoms with Gasteiger partial charge in [0.25, 0.3) is 0 Å². The maximum absolute atomic E-state index is 11.9. The van der Waals surface area contributed by atoms with Crippen LogP contribution in [0.1, 0.15) is 65.7 Å². The minimum Gasteiger partial charge on any atom is -0.355 e. The van der Waals surface area contributed by atoms with E-state index in [1.165, 1.54) is 38.5 Å². The van der Waals surface area contributed by atoms with Crippen LogP contribution in [0.3, 0.4) is 0 Å². The molecule has 0 aliphatic heterocycles. The van der Waals surface area contributed by atoms with E-state index < -0.39 is 0 Å². The number of hydrogen-bond donors (Lipinski definition) is 2. The summed E-state index contributed by atoms with van der Waals surface area (Å²) in [7, 11) is 0. The second-order valence-corrected chi connectivity index (χ2v) is 8.61. The van der Waals surface area contributed by atoms with Gasteiger partial charge in [0.15, 0.2) is 0 Å². The van der Waals surface area contributed by atoms with Crippen molar-refractivity contribution in [3.63, 3.8) is 0 Å². The van der Waals surface area contributed by atoms with Crippen molar-refractivity contribution < 1.29 is 4.79 Å². The number of carbonyl (C=O) groups excluding carboxylic acids is 1. The summed E-state index contributed by atoms with van der Waals surface area (Å²) < 4.78 is 0. The van der Waals surface area contributed by atoms with Crippen LogP contribution in [0.15, 0.2) is 0 Å². The molecule has 4 bridgehead atoms. The second-order valence-electron chi connectivity index (χ2n) is 8.61. The molecule has 0 saturated heterocycles. The van der Waals surface area contributed by atoms with Crippen molar-refractivity contribution in [1.82, 2.24) is 10.6 Å². The third-order valence-corrected chi connectivity index (χ3v) is 5.82. The minimum atomic E-state index is 0.165. The molecule has 0 aromatic heterocycles. The molecule has 114 valence electrons. The van der Waals surface area contributed by atoms with Crippen LogP contribution in [-0.2, 0) is 4.79 Å². The fraction of sp³-hybridized carbons (Fsp3) is 0.941. The molecule has 20 heavy (non-hydrogen) atoms. The standard InChI is InChI=1S/C17H30N2O/c1-4-5-18-14(20)9-19-17-8-13-6-15(2,11-17)10-16(3,7-13)12-17/h13,19H,4-12H2,1-3H3,(H,18,20). The van der Waals surface area contributed by atoms with Crippen LogP contribution in [0, 0.1) is 16.7 Å². The van der Waals surface area contributed by atoms with Crippen LogP contribution < -0.4 is 10.6 Å². The first-order chi connectivity index (χ1) is 9.36. The molecule has 3 nitrogen and oxygen atoms in total. The van der Waals surface area contributed by atoms with Gasteiger partial charge in [-0.15, -0.1) is 0 Å². The predicted octanol–water partition coefficient (Wildman–Crippen LogP) is 2.85. The van der Waals surface area contributed by atoms with E-state index in [-0.39, 0.29) is 11.4 Å². The molecular formula is C17H30N2O. The summed E-state index contributed by atoms with van der Waals surface area (Å²) >= 11 is 0. The molecule has 4 saturated carbocycles. The number of amides is 1. The Kier molecular flexibility index (Phi) is 3.39. The normalized spacial score (nSPS) is 45.6. The Labute approximate surface area is 123 Å². The Morgan fingerprint density at radius 3 is 2.30 bits per heavy atom. The van der Waals surface area contributed by atoms with Gasteiger partial charge in [0.1, 0.15) is 0 Å². The second kappa shape index (κ2) is 4.72. The zero-order valence-corrected chi connectivity index (χ0v) is 13.3. The van der Waals surface area contributed by atoms with E-state index in [4.69, 9.17) is 0 Å². The van der Waals surface area contributed by atoms with Gasteiger partial charge in [-0.25, -0.2) is 0 Å². The molecule has 4 aliphatic carbocycles. The largest absolute Gasteiger partial charge is 0.355 e. The van der Waals surface area contributed by atoms with Crippen LogP contribution in [0.25, 0.3) is 0 Å². The van der Waals surface area contributed by atoms with Crippen LogP contribution in [0.2, 0.25) is 0 Å². The monoisotopic (exact) mass is 278 g/mol. The van der Waals surface area contributed by atoms with Gasteiger partial charge in [0.2, 0.25) is 5.91 Å². The van der Waals surface area contributed by atoms with Crippen molar-refractivity contribution in [1.29, 1.82) is 0 Å². The molecular weight excluding hydrogens is 248 g/mol. The lowest BCUT2D eigenvalue weighted by atomic mass is 9.43. The Hall–Kier alpha value is -0.570. The Bertz CT molecular complexity index is 388. The van der Waals surface area contributed by atoms with Crippen molar-refractivity contribution in [3.8, 4) is 0 Å². The first-order valence-corrected chi connectivity index (χ1v) is 8.38. The number of carbonyl (C=O) groups is 1. The van der Waals surface area contributed by atoms with E-state index >= 15 is 0 Å². The quantitative estimate of drug-likeness (QED) is 0.812. The van der Waals surface area contributed by atoms with Gasteiger partial charge in [-0.2, -0.15) is 0 Å². The topological polar surface area (TPSA) is 41.1 Å². The Morgan fingerprint density at radius 1 is 1.10 bits per heavy atom. The molecule has 4 aliphatic rings. The third kappa shape index (κ3) is 2.61. The smallest absolute Gasteiger partial charge is 0.233 e. The highest BCUT2D eigenvalue weighted by Crippen LogP contribution is 2.66. The average Bonchev–Trinajstić information content (AvgIpc) is 2.29. The molecule has 0 heterocycles. The van der Waals surface area contributed by atoms with Gasteiger partial charge in [-0.3, -0.25) is 4.79 Å². The van der Waals surface area contributed by atoms with Crippen LogP contribution in [-0.4, -0.2) is 24.5 Å². The molecule has 0 radical (unpaired) electrons. The molecule has 0 aromatic carbocycles. The minimum absolute atomic E-state index is 0.165. The number of nitrogens with one attached hydrogen (secondary N) is 2. The van der Waals surface area contributed by atoms with Gasteiger partial charge < -0.3 is 10.6 Å². The lowest BCUT2D eigenvalue weighted by molar-refractivity contribution is -0.129. The van der Waals surface area contributed by atoms with Crippen molar-refractivity contribution >= 4 is 5.91 Å². The first kappa shape index (κ1) is 14.4. The van der Waals surface area contributed by atoms with E-state index in [0.29, 0.717) is 17.4 Å². The predicted molar refractivity (Wildman–Crippen MR) is 81.4 cm³/mol. The number of rotatable bonds is 5. The Balaban J connectivity index is 1.65. The molecule has 4 fully saturated rings. The van der Waals surface area contributed by atoms with E-state index in [0.717, 1.165) is 18.9 Å². The molecule has 0 aromatic rings. The zero-order chi connectivity index (χ0) is 14.4. The van der Waals surface area contributed by atoms with E-state index in [2.05, 4.69) is 31.4 Å². The average molecular weight is 278 g/mol. The maximum atomic E-state index is 11.9. The molecule has 2 unspecified atom stereocenters. The highest BCUT2D eigenvalue weighted by Gasteiger charge is 2.59. The summed E-state index contributed by atoms with van der Waals surface area (Å²) in [5, 5.41) is 6.66. The molecule has 4 rings (SSSR count). The van der Waals surface area contributed by atoms with E-state index in [1.54, 1.807) is 0 Å². The molecule has 2 N–H and O–H groups in total. The summed E-state index contributed by atoms with van der Waals surface area (Å²) in [6.07, 6.45) is 9.05. The summed E-state index contributed by atoms with van der Waals surface area (Å²) in [6.45, 7) is 8.34. The third-order valence-electron chi connectivity index (χ3n) is 5.82. The summed E-state index contributed by atoms with van der Waals surface area (Å²) in [5.74, 6) is 1.05. The van der Waals surface area contributed by atoms with Crippen molar-refractivity contribution in [3.05, 3.63) is 0 Å². The SMILES string of the molecule is CCCNC(=O)CNC12CC3CC(C)(CC(C)(C3)C1)C2. The maximum Gasteiger partial charge on any atom is 0.233 e. The van der Waals surface area contributed by atoms with Gasteiger partial charge in [-0.1, -0.05) is 20.8 Å². The van der Waals surface area contributed by atoms with E-state index in [1.807, 2.05) is 0 Å². The fourth-order valence-corrected chi connectivity index (χ4v) is 6.24. The van der Waals surface area contributed by atoms with Gasteiger partial charge in [0.05, 0.1) is 6.54 Å². The van der Waals surface area contributed by atoms with Crippen LogP contribution in [0.4, 0.5) is 0 Å². The van der Waals surface area contributed by atoms with Crippen molar-refractivity contribution in [2.45, 2.75) is 71.3 Å². The van der Waals surface area contributed by atoms with Gasteiger partial charge >= 0.3 is 0 Å². The highest BCUT2D eigenvalue weighted by atomic mass is 16.1. The summed E-state index contributed by atoms with van der Waals surface area (Å²) in [4.78, 5) is 11.9. The molecule has 1 amide bonds.